The highest BCUT2D eigenvalue weighted by atomic mass is 35.5. The molecule has 0 radical (unpaired) electrons. The van der Waals surface area contributed by atoms with Crippen LogP contribution in [0.15, 0.2) is 46.3 Å². The van der Waals surface area contributed by atoms with Gasteiger partial charge >= 0.3 is 0 Å². The molecule has 10 heteroatoms. The summed E-state index contributed by atoms with van der Waals surface area (Å²) in [5, 5.41) is 9.23. The number of nitrogens with zero attached hydrogens (tertiary/aromatic N) is 2. The van der Waals surface area contributed by atoms with Crippen molar-refractivity contribution in [2.24, 2.45) is 0 Å². The maximum atomic E-state index is 15.1. The van der Waals surface area contributed by atoms with E-state index in [-0.39, 0.29) is 37.7 Å². The number of hydrogen-bond donors (Lipinski definition) is 1. The molecule has 1 unspecified atom stereocenters. The standard InChI is InChI=1S/C25H23ClF3N3O2S/c1-13-7-10-18(14(2)11-13)25(28,29)12-30-23(33)20-15(3)22(26)31-32-24(20)35(34)19-6-4-5-17(21(19)27)16-8-9-16/h4-7,10-11,16H,8-9,12H2,1-3H3,(H,30,33). The Morgan fingerprint density at radius 3 is 2.57 bits per heavy atom. The molecule has 0 spiro atoms. The molecule has 1 N–H and O–H groups in total. The van der Waals surface area contributed by atoms with Gasteiger partial charge in [-0.3, -0.25) is 4.79 Å². The third kappa shape index (κ3) is 5.17. The molecule has 1 atom stereocenters. The zero-order valence-electron chi connectivity index (χ0n) is 19.3. The second-order valence-corrected chi connectivity index (χ2v) is 10.4. The average molecular weight is 522 g/mol. The number of carbonyl (C=O) groups excluding carboxylic acids is 1. The largest absolute Gasteiger partial charge is 0.605 e. The minimum atomic E-state index is -3.37. The van der Waals surface area contributed by atoms with Gasteiger partial charge in [0.1, 0.15) is 5.56 Å². The number of aromatic nitrogens is 2. The predicted octanol–water partition coefficient (Wildman–Crippen LogP) is 5.76. The van der Waals surface area contributed by atoms with E-state index in [0.717, 1.165) is 18.4 Å². The first-order valence-electron chi connectivity index (χ1n) is 11.0. The van der Waals surface area contributed by atoms with E-state index in [2.05, 4.69) is 15.5 Å². The topological polar surface area (TPSA) is 77.9 Å². The van der Waals surface area contributed by atoms with Crippen molar-refractivity contribution in [3.05, 3.63) is 80.7 Å². The smallest absolute Gasteiger partial charge is 0.290 e. The number of aryl methyl sites for hydroxylation is 2. The summed E-state index contributed by atoms with van der Waals surface area (Å²) < 4.78 is 58.3. The van der Waals surface area contributed by atoms with Gasteiger partial charge < -0.3 is 9.87 Å². The minimum absolute atomic E-state index is 0.0696. The molecule has 1 saturated carbocycles. The molecule has 1 aromatic heterocycles. The molecule has 2 aromatic carbocycles. The molecule has 1 fully saturated rings. The van der Waals surface area contributed by atoms with Gasteiger partial charge in [0.05, 0.1) is 6.54 Å². The van der Waals surface area contributed by atoms with Gasteiger partial charge in [-0.05, 0) is 56.7 Å². The van der Waals surface area contributed by atoms with E-state index in [1.165, 1.54) is 19.1 Å². The molecule has 1 heterocycles. The number of rotatable bonds is 7. The number of halogens is 4. The van der Waals surface area contributed by atoms with Crippen molar-refractivity contribution >= 4 is 28.7 Å². The molecule has 1 amide bonds. The van der Waals surface area contributed by atoms with Gasteiger partial charge in [0.2, 0.25) is 0 Å². The third-order valence-corrected chi connectivity index (χ3v) is 7.70. The fraction of sp³-hybridized carbons (Fsp3) is 0.320. The molecule has 0 bridgehead atoms. The highest BCUT2D eigenvalue weighted by Gasteiger charge is 2.37. The second-order valence-electron chi connectivity index (χ2n) is 8.70. The molecule has 3 aromatic rings. The zero-order valence-corrected chi connectivity index (χ0v) is 20.9. The van der Waals surface area contributed by atoms with Crippen LogP contribution in [0.5, 0.6) is 0 Å². The highest BCUT2D eigenvalue weighted by Crippen LogP contribution is 2.43. The summed E-state index contributed by atoms with van der Waals surface area (Å²) in [7, 11) is 0. The van der Waals surface area contributed by atoms with Crippen LogP contribution in [0.25, 0.3) is 0 Å². The van der Waals surface area contributed by atoms with Crippen LogP contribution in [0, 0.1) is 26.6 Å². The van der Waals surface area contributed by atoms with Crippen LogP contribution in [0.1, 0.15) is 56.9 Å². The average Bonchev–Trinajstić information content (AvgIpc) is 3.64. The molecule has 5 nitrogen and oxygen atoms in total. The highest BCUT2D eigenvalue weighted by molar-refractivity contribution is 7.91. The molecule has 4 rings (SSSR count). The summed E-state index contributed by atoms with van der Waals surface area (Å²) in [6.07, 6.45) is 1.68. The van der Waals surface area contributed by atoms with Gasteiger partial charge in [-0.1, -0.05) is 52.6 Å². The Hall–Kier alpha value is -2.62. The van der Waals surface area contributed by atoms with E-state index in [0.29, 0.717) is 11.1 Å². The van der Waals surface area contributed by atoms with Crippen LogP contribution in [0.3, 0.4) is 0 Å². The Balaban J connectivity index is 1.64. The summed E-state index contributed by atoms with van der Waals surface area (Å²) in [6.45, 7) is 3.80. The number of alkyl halides is 2. The lowest BCUT2D eigenvalue weighted by Crippen LogP contribution is -2.36. The third-order valence-electron chi connectivity index (χ3n) is 5.99. The number of benzene rings is 2. The van der Waals surface area contributed by atoms with Crippen LogP contribution in [0.4, 0.5) is 13.2 Å². The van der Waals surface area contributed by atoms with E-state index >= 15 is 4.39 Å². The summed E-state index contributed by atoms with van der Waals surface area (Å²) >= 11 is 3.80. The van der Waals surface area contributed by atoms with E-state index in [1.807, 2.05) is 0 Å². The Morgan fingerprint density at radius 1 is 1.20 bits per heavy atom. The van der Waals surface area contributed by atoms with Gasteiger partial charge in [0.25, 0.3) is 16.9 Å². The minimum Gasteiger partial charge on any atom is -0.605 e. The molecular formula is C25H23ClF3N3O2S. The van der Waals surface area contributed by atoms with Crippen molar-refractivity contribution in [2.75, 3.05) is 6.54 Å². The van der Waals surface area contributed by atoms with Crippen molar-refractivity contribution in [1.82, 2.24) is 15.5 Å². The van der Waals surface area contributed by atoms with Crippen LogP contribution in [-0.4, -0.2) is 27.2 Å². The molecule has 35 heavy (non-hydrogen) atoms. The van der Waals surface area contributed by atoms with E-state index in [4.69, 9.17) is 11.6 Å². The zero-order chi connectivity index (χ0) is 25.5. The Morgan fingerprint density at radius 2 is 1.91 bits per heavy atom. The fourth-order valence-electron chi connectivity index (χ4n) is 3.96. The SMILES string of the molecule is Cc1ccc(C(F)(F)CNC(=O)c2c([S+]([O-])c3cccc(C4CC4)c3F)nnc(Cl)c2C)c(C)c1. The van der Waals surface area contributed by atoms with Crippen LogP contribution >= 0.6 is 11.6 Å². The molecule has 1 aliphatic carbocycles. The van der Waals surface area contributed by atoms with Gasteiger partial charge in [0, 0.05) is 22.3 Å². The predicted molar refractivity (Wildman–Crippen MR) is 127 cm³/mol. The van der Waals surface area contributed by atoms with Crippen molar-refractivity contribution in [3.8, 4) is 0 Å². The van der Waals surface area contributed by atoms with E-state index in [9.17, 15) is 18.1 Å². The van der Waals surface area contributed by atoms with Crippen molar-refractivity contribution in [1.29, 1.82) is 0 Å². The van der Waals surface area contributed by atoms with Gasteiger partial charge in [0.15, 0.2) is 15.9 Å². The van der Waals surface area contributed by atoms with E-state index in [1.54, 1.807) is 38.1 Å². The van der Waals surface area contributed by atoms with Gasteiger partial charge in [-0.15, -0.1) is 5.10 Å². The first kappa shape index (κ1) is 25.5. The summed E-state index contributed by atoms with van der Waals surface area (Å²) in [4.78, 5) is 12.9. The fourth-order valence-corrected chi connectivity index (χ4v) is 5.33. The van der Waals surface area contributed by atoms with Gasteiger partial charge in [-0.25, -0.2) is 4.39 Å². The first-order valence-corrected chi connectivity index (χ1v) is 12.5. The molecule has 184 valence electrons. The van der Waals surface area contributed by atoms with Crippen molar-refractivity contribution in [3.63, 3.8) is 0 Å². The molecule has 0 aliphatic heterocycles. The lowest BCUT2D eigenvalue weighted by atomic mass is 10.00. The van der Waals surface area contributed by atoms with Crippen LogP contribution in [0.2, 0.25) is 5.15 Å². The quantitative estimate of drug-likeness (QED) is 0.401. The van der Waals surface area contributed by atoms with Gasteiger partial charge in [-0.2, -0.15) is 8.78 Å². The summed E-state index contributed by atoms with van der Waals surface area (Å²) in [5.74, 6) is -4.88. The maximum Gasteiger partial charge on any atom is 0.290 e. The molecular weight excluding hydrogens is 499 g/mol. The van der Waals surface area contributed by atoms with E-state index < -0.39 is 35.4 Å². The lowest BCUT2D eigenvalue weighted by Gasteiger charge is -2.21. The number of amides is 1. The monoisotopic (exact) mass is 521 g/mol. The Kier molecular flexibility index (Phi) is 7.13. The van der Waals surface area contributed by atoms with Crippen molar-refractivity contribution in [2.45, 2.75) is 55.4 Å². The number of nitrogens with one attached hydrogen (secondary N) is 1. The molecule has 0 saturated heterocycles. The Bertz CT molecular complexity index is 1300. The van der Waals surface area contributed by atoms with Crippen molar-refractivity contribution < 1.29 is 22.5 Å². The summed E-state index contributed by atoms with van der Waals surface area (Å²) in [5.41, 5.74) is 1.31. The Labute approximate surface area is 209 Å². The normalized spacial score (nSPS) is 14.6. The second kappa shape index (κ2) is 9.79. The summed E-state index contributed by atoms with van der Waals surface area (Å²) in [6, 6.07) is 9.09. The van der Waals surface area contributed by atoms with Crippen LogP contribution in [-0.2, 0) is 17.1 Å². The number of carbonyl (C=O) groups is 1. The molecule has 1 aliphatic rings. The van der Waals surface area contributed by atoms with Crippen LogP contribution < -0.4 is 5.32 Å². The first-order chi connectivity index (χ1) is 16.5. The number of hydrogen-bond acceptors (Lipinski definition) is 4. The lowest BCUT2D eigenvalue weighted by molar-refractivity contribution is -0.00312. The maximum absolute atomic E-state index is 15.1.